The Bertz CT molecular complexity index is 769. The van der Waals surface area contributed by atoms with Crippen molar-refractivity contribution >= 4 is 34.1 Å². The average molecular weight is 333 g/mol. The van der Waals surface area contributed by atoms with Gasteiger partial charge in [-0.3, -0.25) is 9.36 Å². The molecule has 0 radical (unpaired) electrons. The van der Waals surface area contributed by atoms with Crippen LogP contribution >= 0.6 is 23.2 Å². The molecule has 0 saturated heterocycles. The molecule has 0 amide bonds. The number of methoxy groups -OCH3 is 2. The first-order chi connectivity index (χ1) is 9.97. The van der Waals surface area contributed by atoms with Crippen molar-refractivity contribution in [3.63, 3.8) is 0 Å². The van der Waals surface area contributed by atoms with Crippen molar-refractivity contribution in [3.05, 3.63) is 43.0 Å². The van der Waals surface area contributed by atoms with Gasteiger partial charge in [0.25, 0.3) is 5.56 Å². The minimum atomic E-state index is -0.538. The number of nitrogens with zero attached hydrogens (tertiary/aromatic N) is 1. The Labute approximate surface area is 130 Å². The van der Waals surface area contributed by atoms with E-state index in [1.54, 1.807) is 0 Å². The lowest BCUT2D eigenvalue weighted by atomic mass is 10.2. The zero-order valence-corrected chi connectivity index (χ0v) is 13.0. The molecule has 0 aliphatic rings. The summed E-state index contributed by atoms with van der Waals surface area (Å²) >= 11 is 11.8. The van der Waals surface area contributed by atoms with Gasteiger partial charge in [-0.15, -0.1) is 0 Å². The molecule has 0 saturated carbocycles. The number of nitrogens with one attached hydrogen (secondary N) is 1. The number of aromatic nitrogens is 2. The fourth-order valence-electron chi connectivity index (χ4n) is 2.00. The van der Waals surface area contributed by atoms with Crippen LogP contribution in [0.2, 0.25) is 10.0 Å². The number of aromatic amines is 1. The first-order valence-electron chi connectivity index (χ1n) is 6.11. The first-order valence-corrected chi connectivity index (χ1v) is 6.87. The maximum atomic E-state index is 12.4. The van der Waals surface area contributed by atoms with E-state index in [1.165, 1.54) is 26.4 Å². The van der Waals surface area contributed by atoms with Crippen molar-refractivity contribution in [2.75, 3.05) is 20.8 Å². The molecule has 2 aromatic rings. The Morgan fingerprint density at radius 1 is 1.24 bits per heavy atom. The van der Waals surface area contributed by atoms with Crippen LogP contribution in [0.5, 0.6) is 0 Å². The Morgan fingerprint density at radius 2 is 1.90 bits per heavy atom. The summed E-state index contributed by atoms with van der Waals surface area (Å²) in [5.74, 6) is 0. The van der Waals surface area contributed by atoms with Gasteiger partial charge in [-0.2, -0.15) is 0 Å². The first kappa shape index (κ1) is 16.0. The molecule has 21 heavy (non-hydrogen) atoms. The lowest BCUT2D eigenvalue weighted by Gasteiger charge is -2.15. The molecule has 2 rings (SSSR count). The van der Waals surface area contributed by atoms with Crippen molar-refractivity contribution in [2.24, 2.45) is 0 Å². The highest BCUT2D eigenvalue weighted by atomic mass is 35.5. The lowest BCUT2D eigenvalue weighted by Crippen LogP contribution is -2.40. The molecule has 1 unspecified atom stereocenters. The summed E-state index contributed by atoms with van der Waals surface area (Å²) < 4.78 is 11.2. The Hall–Kier alpha value is -1.34. The molecule has 1 atom stereocenters. The molecular formula is C13H14Cl2N2O4. The van der Waals surface area contributed by atoms with Crippen LogP contribution in [0.3, 0.4) is 0 Å². The summed E-state index contributed by atoms with van der Waals surface area (Å²) in [4.78, 5) is 27.1. The van der Waals surface area contributed by atoms with Crippen LogP contribution in [0.1, 0.15) is 0 Å². The van der Waals surface area contributed by atoms with Crippen molar-refractivity contribution in [2.45, 2.75) is 12.6 Å². The molecule has 0 spiro atoms. The third-order valence-corrected chi connectivity index (χ3v) is 3.82. The second-order valence-electron chi connectivity index (χ2n) is 4.47. The molecular weight excluding hydrogens is 319 g/mol. The second kappa shape index (κ2) is 6.62. The topological polar surface area (TPSA) is 73.3 Å². The monoisotopic (exact) mass is 332 g/mol. The van der Waals surface area contributed by atoms with Crippen LogP contribution in [-0.2, 0) is 16.0 Å². The van der Waals surface area contributed by atoms with Crippen LogP contribution < -0.4 is 11.2 Å². The Balaban J connectivity index is 2.57. The highest BCUT2D eigenvalue weighted by Gasteiger charge is 2.14. The van der Waals surface area contributed by atoms with Crippen LogP contribution in [0.4, 0.5) is 0 Å². The zero-order chi connectivity index (χ0) is 15.6. The molecule has 8 heteroatoms. The predicted octanol–water partition coefficient (Wildman–Crippen LogP) is 1.66. The van der Waals surface area contributed by atoms with E-state index in [9.17, 15) is 9.59 Å². The Morgan fingerprint density at radius 3 is 2.52 bits per heavy atom. The van der Waals surface area contributed by atoms with E-state index in [1.807, 2.05) is 0 Å². The van der Waals surface area contributed by atoms with E-state index in [-0.39, 0.29) is 28.6 Å². The van der Waals surface area contributed by atoms with Gasteiger partial charge in [-0.25, -0.2) is 4.79 Å². The number of ether oxygens (including phenoxy) is 2. The van der Waals surface area contributed by atoms with Gasteiger partial charge in [0.2, 0.25) is 0 Å². The van der Waals surface area contributed by atoms with Crippen molar-refractivity contribution < 1.29 is 9.47 Å². The van der Waals surface area contributed by atoms with Gasteiger partial charge in [0, 0.05) is 14.2 Å². The van der Waals surface area contributed by atoms with Gasteiger partial charge in [-0.05, 0) is 12.1 Å². The molecule has 1 N–H and O–H groups in total. The summed E-state index contributed by atoms with van der Waals surface area (Å²) in [7, 11) is 3.00. The maximum absolute atomic E-state index is 12.4. The number of hydrogen-bond acceptors (Lipinski definition) is 4. The fraction of sp³-hybridized carbons (Fsp3) is 0.385. The Kier molecular flexibility index (Phi) is 5.05. The number of hydrogen-bond donors (Lipinski definition) is 1. The molecule has 1 heterocycles. The minimum absolute atomic E-state index is 0.0781. The molecule has 1 aromatic carbocycles. The number of H-pyrrole nitrogens is 1. The summed E-state index contributed by atoms with van der Waals surface area (Å²) in [6.07, 6.45) is -0.408. The third-order valence-electron chi connectivity index (χ3n) is 3.09. The number of halogens is 2. The van der Waals surface area contributed by atoms with Gasteiger partial charge in [0.05, 0.1) is 40.2 Å². The average Bonchev–Trinajstić information content (AvgIpc) is 2.45. The van der Waals surface area contributed by atoms with Gasteiger partial charge in [0.15, 0.2) is 0 Å². The van der Waals surface area contributed by atoms with E-state index in [0.717, 1.165) is 4.57 Å². The van der Waals surface area contributed by atoms with Gasteiger partial charge in [-0.1, -0.05) is 23.2 Å². The molecule has 1 aromatic heterocycles. The largest absolute Gasteiger partial charge is 0.382 e. The van der Waals surface area contributed by atoms with Crippen molar-refractivity contribution in [1.29, 1.82) is 0 Å². The molecule has 0 bridgehead atoms. The number of fused-ring (bicyclic) bond motifs is 1. The maximum Gasteiger partial charge on any atom is 0.328 e. The summed E-state index contributed by atoms with van der Waals surface area (Å²) in [5.41, 5.74) is -0.647. The second-order valence-corrected chi connectivity index (χ2v) is 5.29. The van der Waals surface area contributed by atoms with Crippen LogP contribution in [0.15, 0.2) is 21.7 Å². The van der Waals surface area contributed by atoms with Crippen LogP contribution in [-0.4, -0.2) is 36.5 Å². The summed E-state index contributed by atoms with van der Waals surface area (Å²) in [5, 5.41) is 0.808. The molecule has 0 fully saturated rings. The molecule has 0 aliphatic heterocycles. The summed E-state index contributed by atoms with van der Waals surface area (Å²) in [6, 6.07) is 2.89. The zero-order valence-electron chi connectivity index (χ0n) is 11.5. The van der Waals surface area contributed by atoms with E-state index in [4.69, 9.17) is 32.7 Å². The molecule has 6 nitrogen and oxygen atoms in total. The van der Waals surface area contributed by atoms with Crippen molar-refractivity contribution in [1.82, 2.24) is 9.55 Å². The standard InChI is InChI=1S/C13H14Cl2N2O4/c1-20-6-7(21-2)5-17-12(18)8-3-9(14)10(15)4-11(8)16-13(17)19/h3-4,7H,5-6H2,1-2H3,(H,16,19). The van der Waals surface area contributed by atoms with Gasteiger partial charge < -0.3 is 14.5 Å². The van der Waals surface area contributed by atoms with E-state index in [2.05, 4.69) is 4.98 Å². The fourth-order valence-corrected chi connectivity index (χ4v) is 2.33. The number of benzene rings is 1. The van der Waals surface area contributed by atoms with E-state index in [0.29, 0.717) is 5.52 Å². The molecule has 0 aliphatic carbocycles. The van der Waals surface area contributed by atoms with Crippen molar-refractivity contribution in [3.8, 4) is 0 Å². The SMILES string of the molecule is COCC(Cn1c(=O)[nH]c2cc(Cl)c(Cl)cc2c1=O)OC. The van der Waals surface area contributed by atoms with Crippen LogP contribution in [0.25, 0.3) is 10.9 Å². The van der Waals surface area contributed by atoms with E-state index >= 15 is 0 Å². The number of rotatable bonds is 5. The highest BCUT2D eigenvalue weighted by molar-refractivity contribution is 6.42. The predicted molar refractivity (Wildman–Crippen MR) is 81.5 cm³/mol. The highest BCUT2D eigenvalue weighted by Crippen LogP contribution is 2.24. The smallest absolute Gasteiger partial charge is 0.328 e. The lowest BCUT2D eigenvalue weighted by molar-refractivity contribution is 0.0172. The normalized spacial score (nSPS) is 12.8. The van der Waals surface area contributed by atoms with E-state index < -0.39 is 17.4 Å². The van der Waals surface area contributed by atoms with Crippen LogP contribution in [0, 0.1) is 0 Å². The quantitative estimate of drug-likeness (QED) is 0.903. The summed E-state index contributed by atoms with van der Waals surface area (Å²) in [6.45, 7) is 0.344. The third kappa shape index (κ3) is 3.29. The van der Waals surface area contributed by atoms with Gasteiger partial charge in [0.1, 0.15) is 0 Å². The molecule has 114 valence electrons. The minimum Gasteiger partial charge on any atom is -0.382 e. The van der Waals surface area contributed by atoms with Gasteiger partial charge >= 0.3 is 5.69 Å².